The molecule has 0 radical (unpaired) electrons. The minimum atomic E-state index is -0.685. The summed E-state index contributed by atoms with van der Waals surface area (Å²) in [5.74, 6) is 0.625. The maximum Gasteiger partial charge on any atom is 0.247 e. The van der Waals surface area contributed by atoms with Crippen LogP contribution in [0.25, 0.3) is 0 Å². The first-order valence-electron chi connectivity index (χ1n) is 11.8. The molecule has 2 amide bonds. The molecule has 2 atom stereocenters. The van der Waals surface area contributed by atoms with E-state index in [0.717, 1.165) is 62.7 Å². The van der Waals surface area contributed by atoms with E-state index in [-0.39, 0.29) is 23.7 Å². The van der Waals surface area contributed by atoms with Gasteiger partial charge in [0.1, 0.15) is 17.7 Å². The molecule has 31 heavy (non-hydrogen) atoms. The van der Waals surface area contributed by atoms with Gasteiger partial charge in [0.2, 0.25) is 11.8 Å². The van der Waals surface area contributed by atoms with Crippen molar-refractivity contribution in [2.75, 3.05) is 19.5 Å². The second-order valence-corrected chi connectivity index (χ2v) is 8.88. The molecule has 1 aliphatic rings. The quantitative estimate of drug-likeness (QED) is 0.429. The molecule has 0 aliphatic heterocycles. The lowest BCUT2D eigenvalue weighted by atomic mass is 9.94. The number of amides is 2. The van der Waals surface area contributed by atoms with Crippen molar-refractivity contribution < 1.29 is 14.3 Å². The van der Waals surface area contributed by atoms with Gasteiger partial charge in [-0.1, -0.05) is 64.5 Å². The Morgan fingerprint density at radius 1 is 1.16 bits per heavy atom. The van der Waals surface area contributed by atoms with Gasteiger partial charge in [0.15, 0.2) is 0 Å². The van der Waals surface area contributed by atoms with Crippen molar-refractivity contribution in [2.45, 2.75) is 83.7 Å². The van der Waals surface area contributed by atoms with Crippen LogP contribution in [0.15, 0.2) is 24.3 Å². The molecule has 1 fully saturated rings. The van der Waals surface area contributed by atoms with E-state index in [1.54, 1.807) is 12.0 Å². The molecule has 1 saturated carbocycles. The van der Waals surface area contributed by atoms with Crippen LogP contribution in [0.1, 0.15) is 83.2 Å². The minimum Gasteiger partial charge on any atom is -0.497 e. The summed E-state index contributed by atoms with van der Waals surface area (Å²) in [5, 5.41) is 3.23. The molecule has 0 heterocycles. The summed E-state index contributed by atoms with van der Waals surface area (Å²) in [4.78, 5) is 28.2. The molecule has 1 aromatic carbocycles. The number of halogens is 1. The van der Waals surface area contributed by atoms with Crippen LogP contribution < -0.4 is 10.1 Å². The topological polar surface area (TPSA) is 58.6 Å². The normalized spacial score (nSPS) is 16.4. The monoisotopic (exact) mass is 450 g/mol. The largest absolute Gasteiger partial charge is 0.497 e. The number of nitrogens with zero attached hydrogens (tertiary/aromatic N) is 1. The summed E-state index contributed by atoms with van der Waals surface area (Å²) < 4.78 is 5.28. The number of hydrogen-bond acceptors (Lipinski definition) is 3. The Morgan fingerprint density at radius 3 is 2.39 bits per heavy atom. The maximum atomic E-state index is 13.5. The van der Waals surface area contributed by atoms with Crippen LogP contribution in [0.2, 0.25) is 0 Å². The van der Waals surface area contributed by atoms with Crippen LogP contribution in [-0.4, -0.2) is 42.3 Å². The van der Waals surface area contributed by atoms with Crippen LogP contribution >= 0.6 is 11.6 Å². The van der Waals surface area contributed by atoms with Gasteiger partial charge < -0.3 is 15.0 Å². The third-order valence-electron chi connectivity index (χ3n) is 6.38. The average molecular weight is 451 g/mol. The SMILES string of the molecule is CCCC[C@@H](CC)CN(C(=O)CCl)[C@@H](C(=O)NC1CCCCC1)c1ccc(OC)cc1. The molecule has 2 rings (SSSR count). The Bertz CT molecular complexity index is 674. The van der Waals surface area contributed by atoms with E-state index in [2.05, 4.69) is 19.2 Å². The summed E-state index contributed by atoms with van der Waals surface area (Å²) in [6.45, 7) is 4.86. The highest BCUT2D eigenvalue weighted by molar-refractivity contribution is 6.27. The summed E-state index contributed by atoms with van der Waals surface area (Å²) in [7, 11) is 1.62. The highest BCUT2D eigenvalue weighted by Gasteiger charge is 2.33. The van der Waals surface area contributed by atoms with Crippen molar-refractivity contribution in [3.63, 3.8) is 0 Å². The van der Waals surface area contributed by atoms with Crippen molar-refractivity contribution in [2.24, 2.45) is 5.92 Å². The fraction of sp³-hybridized carbons (Fsp3) is 0.680. The van der Waals surface area contributed by atoms with E-state index in [9.17, 15) is 9.59 Å². The van der Waals surface area contributed by atoms with Gasteiger partial charge in [-0.15, -0.1) is 11.6 Å². The predicted octanol–water partition coefficient (Wildman–Crippen LogP) is 5.47. The van der Waals surface area contributed by atoms with Crippen LogP contribution in [0, 0.1) is 5.92 Å². The number of benzene rings is 1. The average Bonchev–Trinajstić information content (AvgIpc) is 2.81. The molecule has 0 unspecified atom stereocenters. The van der Waals surface area contributed by atoms with E-state index in [0.29, 0.717) is 12.5 Å². The van der Waals surface area contributed by atoms with E-state index in [1.165, 1.54) is 6.42 Å². The van der Waals surface area contributed by atoms with Crippen molar-refractivity contribution in [3.8, 4) is 5.75 Å². The lowest BCUT2D eigenvalue weighted by molar-refractivity contribution is -0.140. The highest BCUT2D eigenvalue weighted by Crippen LogP contribution is 2.28. The van der Waals surface area contributed by atoms with Crippen LogP contribution in [0.3, 0.4) is 0 Å². The zero-order chi connectivity index (χ0) is 22.6. The Labute approximate surface area is 192 Å². The number of nitrogens with one attached hydrogen (secondary N) is 1. The zero-order valence-corrected chi connectivity index (χ0v) is 20.1. The lowest BCUT2D eigenvalue weighted by Gasteiger charge is -2.35. The van der Waals surface area contributed by atoms with Gasteiger partial charge in [0.25, 0.3) is 0 Å². The minimum absolute atomic E-state index is 0.110. The van der Waals surface area contributed by atoms with Crippen LogP contribution in [0.5, 0.6) is 5.75 Å². The molecule has 0 saturated heterocycles. The molecule has 6 heteroatoms. The number of hydrogen-bond donors (Lipinski definition) is 1. The third kappa shape index (κ3) is 7.71. The molecule has 1 aromatic rings. The van der Waals surface area contributed by atoms with Gasteiger partial charge in [0, 0.05) is 12.6 Å². The first-order chi connectivity index (χ1) is 15.0. The van der Waals surface area contributed by atoms with Crippen LogP contribution in [0.4, 0.5) is 0 Å². The molecule has 5 nitrogen and oxygen atoms in total. The lowest BCUT2D eigenvalue weighted by Crippen LogP contribution is -2.48. The summed E-state index contributed by atoms with van der Waals surface area (Å²) >= 11 is 6.01. The second kappa shape index (κ2) is 13.6. The van der Waals surface area contributed by atoms with Crippen molar-refractivity contribution >= 4 is 23.4 Å². The fourth-order valence-corrected chi connectivity index (χ4v) is 4.56. The number of methoxy groups -OCH3 is 1. The van der Waals surface area contributed by atoms with Gasteiger partial charge in [-0.25, -0.2) is 0 Å². The van der Waals surface area contributed by atoms with E-state index in [4.69, 9.17) is 16.3 Å². The Hall–Kier alpha value is -1.75. The molecule has 0 bridgehead atoms. The van der Waals surface area contributed by atoms with E-state index >= 15 is 0 Å². The Kier molecular flexibility index (Phi) is 11.2. The third-order valence-corrected chi connectivity index (χ3v) is 6.60. The number of carbonyl (C=O) groups is 2. The van der Waals surface area contributed by atoms with Crippen molar-refractivity contribution in [1.29, 1.82) is 0 Å². The molecule has 1 N–H and O–H groups in total. The number of carbonyl (C=O) groups excluding carboxylic acids is 2. The molecular formula is C25H39ClN2O3. The Balaban J connectivity index is 2.33. The number of rotatable bonds is 12. The molecule has 174 valence electrons. The van der Waals surface area contributed by atoms with E-state index in [1.807, 2.05) is 24.3 Å². The summed E-state index contributed by atoms with van der Waals surface area (Å²) in [6.07, 6.45) is 9.73. The molecule has 0 aromatic heterocycles. The van der Waals surface area contributed by atoms with Gasteiger partial charge in [0.05, 0.1) is 7.11 Å². The van der Waals surface area contributed by atoms with Gasteiger partial charge in [-0.05, 0) is 42.9 Å². The second-order valence-electron chi connectivity index (χ2n) is 8.62. The van der Waals surface area contributed by atoms with Gasteiger partial charge in [-0.3, -0.25) is 9.59 Å². The fourth-order valence-electron chi connectivity index (χ4n) is 4.41. The Morgan fingerprint density at radius 2 is 1.84 bits per heavy atom. The smallest absolute Gasteiger partial charge is 0.247 e. The summed E-state index contributed by atoms with van der Waals surface area (Å²) in [6, 6.07) is 6.94. The van der Waals surface area contributed by atoms with E-state index < -0.39 is 6.04 Å². The predicted molar refractivity (Wildman–Crippen MR) is 126 cm³/mol. The van der Waals surface area contributed by atoms with Crippen molar-refractivity contribution in [3.05, 3.63) is 29.8 Å². The molecule has 0 spiro atoms. The molecular weight excluding hydrogens is 412 g/mol. The maximum absolute atomic E-state index is 13.5. The first-order valence-corrected chi connectivity index (χ1v) is 12.4. The van der Waals surface area contributed by atoms with Gasteiger partial charge >= 0.3 is 0 Å². The molecule has 1 aliphatic carbocycles. The first kappa shape index (κ1) is 25.5. The summed E-state index contributed by atoms with van der Waals surface area (Å²) in [5.41, 5.74) is 0.790. The number of ether oxygens (including phenoxy) is 1. The zero-order valence-electron chi connectivity index (χ0n) is 19.4. The van der Waals surface area contributed by atoms with Gasteiger partial charge in [-0.2, -0.15) is 0 Å². The van der Waals surface area contributed by atoms with Crippen molar-refractivity contribution in [1.82, 2.24) is 10.2 Å². The van der Waals surface area contributed by atoms with Crippen LogP contribution in [-0.2, 0) is 9.59 Å². The number of alkyl halides is 1. The highest BCUT2D eigenvalue weighted by atomic mass is 35.5. The number of unbranched alkanes of at least 4 members (excludes halogenated alkanes) is 1. The standard InChI is InChI=1S/C25H39ClN2O3/c1-4-6-10-19(5-2)18-28(23(29)17-26)24(20-13-15-22(31-3)16-14-20)25(30)27-21-11-8-7-9-12-21/h13-16,19,21,24H,4-12,17-18H2,1-3H3,(H,27,30)/t19-,24-/m1/s1.